The molecule has 2 aromatic rings. The maximum absolute atomic E-state index is 14.2. The molecular weight excluding hydrogens is 304 g/mol. The molecule has 0 aliphatic rings. The lowest BCUT2D eigenvalue weighted by molar-refractivity contribution is 0.357. The zero-order chi connectivity index (χ0) is 17.0. The van der Waals surface area contributed by atoms with Crippen molar-refractivity contribution in [1.29, 1.82) is 0 Å². The van der Waals surface area contributed by atoms with Gasteiger partial charge in [0.25, 0.3) is 0 Å². The predicted molar refractivity (Wildman–Crippen MR) is 82.4 cm³/mol. The predicted octanol–water partition coefficient (Wildman–Crippen LogP) is 2.57. The van der Waals surface area contributed by atoms with Gasteiger partial charge in [0.15, 0.2) is 28.8 Å². The SMILES string of the molecule is CCCn1cc(N)c(C#Cc2c(F)c(OC)cc(OC)c2F)n1. The highest BCUT2D eigenvalue weighted by atomic mass is 19.1. The summed E-state index contributed by atoms with van der Waals surface area (Å²) in [5, 5.41) is 4.17. The summed E-state index contributed by atoms with van der Waals surface area (Å²) in [4.78, 5) is 0. The molecule has 0 aliphatic carbocycles. The minimum Gasteiger partial charge on any atom is -0.493 e. The van der Waals surface area contributed by atoms with Gasteiger partial charge in [-0.3, -0.25) is 4.68 Å². The summed E-state index contributed by atoms with van der Waals surface area (Å²) >= 11 is 0. The second kappa shape index (κ2) is 7.01. The summed E-state index contributed by atoms with van der Waals surface area (Å²) in [6.45, 7) is 2.68. The monoisotopic (exact) mass is 321 g/mol. The number of rotatable bonds is 4. The van der Waals surface area contributed by atoms with Crippen LogP contribution in [0.15, 0.2) is 12.3 Å². The summed E-state index contributed by atoms with van der Waals surface area (Å²) in [5.74, 6) is 2.91. The van der Waals surface area contributed by atoms with Gasteiger partial charge in [-0.05, 0) is 12.3 Å². The summed E-state index contributed by atoms with van der Waals surface area (Å²) in [6, 6.07) is 1.13. The van der Waals surface area contributed by atoms with Crippen LogP contribution in [0, 0.1) is 23.5 Å². The minimum absolute atomic E-state index is 0.156. The van der Waals surface area contributed by atoms with Crippen LogP contribution in [-0.2, 0) is 6.54 Å². The van der Waals surface area contributed by atoms with Crippen LogP contribution in [0.3, 0.4) is 0 Å². The molecule has 2 rings (SSSR count). The smallest absolute Gasteiger partial charge is 0.183 e. The molecule has 0 bridgehead atoms. The van der Waals surface area contributed by atoms with Gasteiger partial charge in [0.1, 0.15) is 5.56 Å². The van der Waals surface area contributed by atoms with E-state index in [2.05, 4.69) is 16.9 Å². The van der Waals surface area contributed by atoms with Crippen molar-refractivity contribution < 1.29 is 18.3 Å². The summed E-state index contributed by atoms with van der Waals surface area (Å²) in [5.41, 5.74) is 5.96. The zero-order valence-corrected chi connectivity index (χ0v) is 13.1. The van der Waals surface area contributed by atoms with Crippen molar-refractivity contribution in [3.8, 4) is 23.3 Å². The fraction of sp³-hybridized carbons (Fsp3) is 0.312. The maximum atomic E-state index is 14.2. The molecule has 0 aliphatic heterocycles. The molecule has 23 heavy (non-hydrogen) atoms. The van der Waals surface area contributed by atoms with E-state index in [1.54, 1.807) is 10.9 Å². The standard InChI is InChI=1S/C16H17F2N3O2/c1-4-7-21-9-11(19)12(20-21)6-5-10-15(17)13(22-2)8-14(23-3)16(10)18/h8-9H,4,7,19H2,1-3H3. The third-order valence-electron chi connectivity index (χ3n) is 3.12. The van der Waals surface area contributed by atoms with Gasteiger partial charge in [-0.2, -0.15) is 5.10 Å². The zero-order valence-electron chi connectivity index (χ0n) is 13.1. The van der Waals surface area contributed by atoms with E-state index in [1.807, 2.05) is 6.92 Å². The molecule has 1 aromatic heterocycles. The topological polar surface area (TPSA) is 62.3 Å². The highest BCUT2D eigenvalue weighted by Crippen LogP contribution is 2.30. The van der Waals surface area contributed by atoms with Crippen molar-refractivity contribution in [2.45, 2.75) is 19.9 Å². The molecule has 0 unspecified atom stereocenters. The lowest BCUT2D eigenvalue weighted by atomic mass is 10.1. The molecule has 0 amide bonds. The molecule has 0 radical (unpaired) electrons. The van der Waals surface area contributed by atoms with Crippen LogP contribution < -0.4 is 15.2 Å². The number of nitrogens with zero attached hydrogens (tertiary/aromatic N) is 2. The molecule has 0 spiro atoms. The highest BCUT2D eigenvalue weighted by molar-refractivity contribution is 5.55. The maximum Gasteiger partial charge on any atom is 0.183 e. The van der Waals surface area contributed by atoms with Gasteiger partial charge in [0.2, 0.25) is 0 Å². The number of hydrogen-bond acceptors (Lipinski definition) is 4. The first-order valence-corrected chi connectivity index (χ1v) is 6.96. The Hall–Kier alpha value is -2.75. The van der Waals surface area contributed by atoms with Crippen molar-refractivity contribution in [3.63, 3.8) is 0 Å². The van der Waals surface area contributed by atoms with Crippen molar-refractivity contribution in [2.75, 3.05) is 20.0 Å². The molecule has 2 N–H and O–H groups in total. The molecule has 122 valence electrons. The largest absolute Gasteiger partial charge is 0.493 e. The van der Waals surface area contributed by atoms with Crippen LogP contribution in [0.1, 0.15) is 24.6 Å². The van der Waals surface area contributed by atoms with Crippen LogP contribution in [0.2, 0.25) is 0 Å². The quantitative estimate of drug-likeness (QED) is 0.879. The Kier molecular flexibility index (Phi) is 5.06. The third kappa shape index (κ3) is 3.37. The van der Waals surface area contributed by atoms with Crippen molar-refractivity contribution >= 4 is 5.69 Å². The van der Waals surface area contributed by atoms with Gasteiger partial charge in [-0.15, -0.1) is 0 Å². The summed E-state index contributed by atoms with van der Waals surface area (Å²) < 4.78 is 39.8. The lowest BCUT2D eigenvalue weighted by Crippen LogP contribution is -2.00. The van der Waals surface area contributed by atoms with E-state index < -0.39 is 17.2 Å². The normalized spacial score (nSPS) is 10.1. The van der Waals surface area contributed by atoms with E-state index in [1.165, 1.54) is 14.2 Å². The number of aromatic nitrogens is 2. The Morgan fingerprint density at radius 3 is 2.30 bits per heavy atom. The second-order valence-corrected chi connectivity index (χ2v) is 4.73. The van der Waals surface area contributed by atoms with Gasteiger partial charge in [-0.25, -0.2) is 8.78 Å². The van der Waals surface area contributed by atoms with Gasteiger partial charge >= 0.3 is 0 Å². The number of benzene rings is 1. The lowest BCUT2D eigenvalue weighted by Gasteiger charge is -2.08. The van der Waals surface area contributed by atoms with E-state index in [9.17, 15) is 8.78 Å². The average Bonchev–Trinajstić information content (AvgIpc) is 2.88. The van der Waals surface area contributed by atoms with Crippen molar-refractivity contribution in [3.05, 3.63) is 35.2 Å². The van der Waals surface area contributed by atoms with Crippen molar-refractivity contribution in [2.24, 2.45) is 0 Å². The summed E-state index contributed by atoms with van der Waals surface area (Å²) in [6.07, 6.45) is 2.51. The van der Waals surface area contributed by atoms with Gasteiger partial charge in [0.05, 0.1) is 19.9 Å². The first kappa shape index (κ1) is 16.6. The average molecular weight is 321 g/mol. The van der Waals surface area contributed by atoms with Gasteiger partial charge in [-0.1, -0.05) is 12.8 Å². The number of nitrogens with two attached hydrogens (primary N) is 1. The fourth-order valence-corrected chi connectivity index (χ4v) is 1.99. The molecule has 0 atom stereocenters. The first-order valence-electron chi connectivity index (χ1n) is 6.96. The highest BCUT2D eigenvalue weighted by Gasteiger charge is 2.18. The molecule has 5 nitrogen and oxygen atoms in total. The number of methoxy groups -OCH3 is 2. The van der Waals surface area contributed by atoms with E-state index in [-0.39, 0.29) is 17.2 Å². The van der Waals surface area contributed by atoms with Crippen LogP contribution in [-0.4, -0.2) is 24.0 Å². The Morgan fingerprint density at radius 2 is 1.78 bits per heavy atom. The number of hydrogen-bond donors (Lipinski definition) is 1. The number of halogens is 2. The van der Waals surface area contributed by atoms with Crippen LogP contribution in [0.25, 0.3) is 0 Å². The molecule has 0 saturated carbocycles. The fourth-order valence-electron chi connectivity index (χ4n) is 1.99. The Morgan fingerprint density at radius 1 is 1.17 bits per heavy atom. The molecule has 7 heteroatoms. The van der Waals surface area contributed by atoms with Gasteiger partial charge < -0.3 is 15.2 Å². The molecule has 1 aromatic carbocycles. The second-order valence-electron chi connectivity index (χ2n) is 4.73. The number of nitrogen functional groups attached to an aromatic ring is 1. The minimum atomic E-state index is -0.898. The van der Waals surface area contributed by atoms with E-state index in [0.717, 1.165) is 12.5 Å². The van der Waals surface area contributed by atoms with E-state index >= 15 is 0 Å². The molecule has 0 fully saturated rings. The first-order chi connectivity index (χ1) is 11.0. The van der Waals surface area contributed by atoms with Crippen LogP contribution in [0.4, 0.5) is 14.5 Å². The number of anilines is 1. The van der Waals surface area contributed by atoms with Crippen molar-refractivity contribution in [1.82, 2.24) is 9.78 Å². The molecule has 0 saturated heterocycles. The molecular formula is C16H17F2N3O2. The Labute approximate surface area is 133 Å². The van der Waals surface area contributed by atoms with Crippen LogP contribution in [0.5, 0.6) is 11.5 Å². The van der Waals surface area contributed by atoms with Crippen LogP contribution >= 0.6 is 0 Å². The number of ether oxygens (including phenoxy) is 2. The number of aryl methyl sites for hydroxylation is 1. The summed E-state index contributed by atoms with van der Waals surface area (Å²) in [7, 11) is 2.55. The molecule has 1 heterocycles. The third-order valence-corrected chi connectivity index (χ3v) is 3.12. The Bertz CT molecular complexity index is 748. The Balaban J connectivity index is 2.49. The van der Waals surface area contributed by atoms with E-state index in [0.29, 0.717) is 12.2 Å². The van der Waals surface area contributed by atoms with E-state index in [4.69, 9.17) is 15.2 Å². The van der Waals surface area contributed by atoms with Gasteiger partial charge in [0, 0.05) is 18.8 Å².